The highest BCUT2D eigenvalue weighted by molar-refractivity contribution is 5.81. The molecule has 2 rings (SSSR count). The van der Waals surface area contributed by atoms with Crippen LogP contribution in [0.15, 0.2) is 24.4 Å². The van der Waals surface area contributed by atoms with Crippen molar-refractivity contribution in [2.45, 2.75) is 31.6 Å². The standard InChI is InChI=1S/C14H18F3N3O/c1-19(9-11-5-2-3-7-18-11)13(21)12-6-4-8-20(12)10-14(15,16)17/h2-3,5,7,12H,4,6,8-10H2,1H3. The maximum Gasteiger partial charge on any atom is 0.401 e. The van der Waals surface area contributed by atoms with E-state index in [1.807, 2.05) is 6.07 Å². The lowest BCUT2D eigenvalue weighted by molar-refractivity contribution is -0.154. The van der Waals surface area contributed by atoms with E-state index in [-0.39, 0.29) is 5.91 Å². The summed E-state index contributed by atoms with van der Waals surface area (Å²) in [5.41, 5.74) is 0.716. The Hall–Kier alpha value is -1.63. The normalized spacial score (nSPS) is 19.7. The molecule has 0 saturated carbocycles. The van der Waals surface area contributed by atoms with Crippen LogP contribution in [-0.4, -0.2) is 53.0 Å². The summed E-state index contributed by atoms with van der Waals surface area (Å²) >= 11 is 0. The molecule has 1 saturated heterocycles. The minimum atomic E-state index is -4.28. The molecule has 1 aliphatic heterocycles. The van der Waals surface area contributed by atoms with Gasteiger partial charge in [-0.15, -0.1) is 0 Å². The minimum absolute atomic E-state index is 0.276. The number of likely N-dealkylation sites (N-methyl/N-ethyl adjacent to an activating group) is 1. The van der Waals surface area contributed by atoms with Crippen molar-refractivity contribution in [1.82, 2.24) is 14.8 Å². The SMILES string of the molecule is CN(Cc1ccccn1)C(=O)C1CCCN1CC(F)(F)F. The van der Waals surface area contributed by atoms with Gasteiger partial charge in [-0.2, -0.15) is 13.2 Å². The molecular weight excluding hydrogens is 283 g/mol. The van der Waals surface area contributed by atoms with Crippen molar-refractivity contribution >= 4 is 5.91 Å². The summed E-state index contributed by atoms with van der Waals surface area (Å²) in [7, 11) is 1.60. The molecule has 0 aliphatic carbocycles. The van der Waals surface area contributed by atoms with E-state index >= 15 is 0 Å². The Kier molecular flexibility index (Phi) is 4.82. The molecule has 0 spiro atoms. The number of likely N-dealkylation sites (tertiary alicyclic amines) is 1. The van der Waals surface area contributed by atoms with Crippen LogP contribution in [0.4, 0.5) is 13.2 Å². The van der Waals surface area contributed by atoms with Crippen molar-refractivity contribution in [3.63, 3.8) is 0 Å². The third-order valence-corrected chi connectivity index (χ3v) is 3.53. The van der Waals surface area contributed by atoms with Gasteiger partial charge in [-0.3, -0.25) is 14.7 Å². The van der Waals surface area contributed by atoms with Crippen LogP contribution in [0, 0.1) is 0 Å². The molecule has 1 fully saturated rings. The predicted molar refractivity (Wildman–Crippen MR) is 71.4 cm³/mol. The highest BCUT2D eigenvalue weighted by Gasteiger charge is 2.39. The molecule has 1 aromatic heterocycles. The Morgan fingerprint density at radius 2 is 2.24 bits per heavy atom. The fraction of sp³-hybridized carbons (Fsp3) is 0.571. The molecule has 0 N–H and O–H groups in total. The smallest absolute Gasteiger partial charge is 0.338 e. The number of hydrogen-bond donors (Lipinski definition) is 0. The quantitative estimate of drug-likeness (QED) is 0.854. The van der Waals surface area contributed by atoms with Crippen molar-refractivity contribution < 1.29 is 18.0 Å². The molecule has 0 radical (unpaired) electrons. The number of hydrogen-bond acceptors (Lipinski definition) is 3. The van der Waals surface area contributed by atoms with Crippen LogP contribution in [0.5, 0.6) is 0 Å². The summed E-state index contributed by atoms with van der Waals surface area (Å²) in [6.45, 7) is -0.412. The first-order valence-corrected chi connectivity index (χ1v) is 6.82. The number of carbonyl (C=O) groups is 1. The molecule has 1 atom stereocenters. The molecule has 0 aromatic carbocycles. The van der Waals surface area contributed by atoms with E-state index in [0.29, 0.717) is 31.6 Å². The average Bonchev–Trinajstić information content (AvgIpc) is 2.84. The van der Waals surface area contributed by atoms with Crippen LogP contribution in [-0.2, 0) is 11.3 Å². The Labute approximate surface area is 121 Å². The molecule has 1 aliphatic rings. The van der Waals surface area contributed by atoms with E-state index in [2.05, 4.69) is 4.98 Å². The number of amides is 1. The molecule has 1 aromatic rings. The van der Waals surface area contributed by atoms with Gasteiger partial charge in [-0.1, -0.05) is 6.07 Å². The van der Waals surface area contributed by atoms with Gasteiger partial charge in [0.1, 0.15) is 0 Å². The van der Waals surface area contributed by atoms with E-state index in [1.54, 1.807) is 25.4 Å². The van der Waals surface area contributed by atoms with Gasteiger partial charge in [0.25, 0.3) is 0 Å². The van der Waals surface area contributed by atoms with Crippen LogP contribution >= 0.6 is 0 Å². The van der Waals surface area contributed by atoms with E-state index in [0.717, 1.165) is 0 Å². The molecule has 21 heavy (non-hydrogen) atoms. The largest absolute Gasteiger partial charge is 0.401 e. The van der Waals surface area contributed by atoms with Gasteiger partial charge >= 0.3 is 6.18 Å². The summed E-state index contributed by atoms with van der Waals surface area (Å²) < 4.78 is 37.5. The number of halogens is 3. The Morgan fingerprint density at radius 3 is 2.86 bits per heavy atom. The highest BCUT2D eigenvalue weighted by Crippen LogP contribution is 2.25. The summed E-state index contributed by atoms with van der Waals surface area (Å²) in [6.07, 6.45) is -1.56. The number of nitrogens with zero attached hydrogens (tertiary/aromatic N) is 3. The maximum atomic E-state index is 12.5. The number of aromatic nitrogens is 1. The monoisotopic (exact) mass is 301 g/mol. The molecule has 1 unspecified atom stereocenters. The lowest BCUT2D eigenvalue weighted by Gasteiger charge is -2.28. The van der Waals surface area contributed by atoms with Crippen LogP contribution in [0.2, 0.25) is 0 Å². The third-order valence-electron chi connectivity index (χ3n) is 3.53. The molecule has 7 heteroatoms. The van der Waals surface area contributed by atoms with Crippen LogP contribution in [0.1, 0.15) is 18.5 Å². The second kappa shape index (κ2) is 6.43. The lowest BCUT2D eigenvalue weighted by Crippen LogP contribution is -2.46. The Balaban J connectivity index is 1.98. The maximum absolute atomic E-state index is 12.5. The molecule has 116 valence electrons. The number of pyridine rings is 1. The fourth-order valence-corrected chi connectivity index (χ4v) is 2.59. The van der Waals surface area contributed by atoms with Crippen molar-refractivity contribution in [3.05, 3.63) is 30.1 Å². The van der Waals surface area contributed by atoms with Gasteiger partial charge in [0.15, 0.2) is 0 Å². The summed E-state index contributed by atoms with van der Waals surface area (Å²) in [5, 5.41) is 0. The van der Waals surface area contributed by atoms with Gasteiger partial charge in [-0.05, 0) is 31.5 Å². The lowest BCUT2D eigenvalue weighted by atomic mass is 10.2. The first-order valence-electron chi connectivity index (χ1n) is 6.82. The van der Waals surface area contributed by atoms with Crippen molar-refractivity contribution in [3.8, 4) is 0 Å². The van der Waals surface area contributed by atoms with Gasteiger partial charge in [0, 0.05) is 13.2 Å². The zero-order chi connectivity index (χ0) is 15.5. The zero-order valence-electron chi connectivity index (χ0n) is 11.8. The molecule has 4 nitrogen and oxygen atoms in total. The van der Waals surface area contributed by atoms with Crippen molar-refractivity contribution in [2.24, 2.45) is 0 Å². The zero-order valence-corrected chi connectivity index (χ0v) is 11.8. The number of carbonyl (C=O) groups excluding carboxylic acids is 1. The molecule has 0 bridgehead atoms. The summed E-state index contributed by atoms with van der Waals surface area (Å²) in [6, 6.07) is 4.69. The van der Waals surface area contributed by atoms with E-state index in [1.165, 1.54) is 9.80 Å². The van der Waals surface area contributed by atoms with E-state index in [4.69, 9.17) is 0 Å². The molecule has 2 heterocycles. The van der Waals surface area contributed by atoms with Gasteiger partial charge < -0.3 is 4.90 Å². The Morgan fingerprint density at radius 1 is 1.48 bits per heavy atom. The van der Waals surface area contributed by atoms with Gasteiger partial charge in [0.05, 0.1) is 24.8 Å². The van der Waals surface area contributed by atoms with Gasteiger partial charge in [-0.25, -0.2) is 0 Å². The second-order valence-electron chi connectivity index (χ2n) is 5.26. The number of alkyl halides is 3. The minimum Gasteiger partial charge on any atom is -0.338 e. The van der Waals surface area contributed by atoms with Crippen LogP contribution < -0.4 is 0 Å². The number of rotatable bonds is 4. The Bertz CT molecular complexity index is 478. The predicted octanol–water partition coefficient (Wildman–Crippen LogP) is 2.07. The fourth-order valence-electron chi connectivity index (χ4n) is 2.59. The first-order chi connectivity index (χ1) is 9.87. The highest BCUT2D eigenvalue weighted by atomic mass is 19.4. The van der Waals surface area contributed by atoms with Crippen LogP contribution in [0.3, 0.4) is 0 Å². The van der Waals surface area contributed by atoms with Crippen molar-refractivity contribution in [2.75, 3.05) is 20.1 Å². The second-order valence-corrected chi connectivity index (χ2v) is 5.26. The van der Waals surface area contributed by atoms with E-state index in [9.17, 15) is 18.0 Å². The van der Waals surface area contributed by atoms with Gasteiger partial charge in [0.2, 0.25) is 5.91 Å². The van der Waals surface area contributed by atoms with Crippen molar-refractivity contribution in [1.29, 1.82) is 0 Å². The third kappa shape index (κ3) is 4.42. The summed E-state index contributed by atoms with van der Waals surface area (Å²) in [4.78, 5) is 19.1. The molecule has 1 amide bonds. The van der Waals surface area contributed by atoms with E-state index < -0.39 is 18.8 Å². The topological polar surface area (TPSA) is 36.4 Å². The van der Waals surface area contributed by atoms with Crippen LogP contribution in [0.25, 0.3) is 0 Å². The first kappa shape index (κ1) is 15.8. The average molecular weight is 301 g/mol. The summed E-state index contributed by atoms with van der Waals surface area (Å²) in [5.74, 6) is -0.276. The molecular formula is C14H18F3N3O.